The van der Waals surface area contributed by atoms with Crippen molar-refractivity contribution >= 4 is 6.47 Å². The van der Waals surface area contributed by atoms with E-state index in [0.717, 1.165) is 6.42 Å². The van der Waals surface area contributed by atoms with Gasteiger partial charge in [0.25, 0.3) is 6.47 Å². The van der Waals surface area contributed by atoms with E-state index >= 15 is 0 Å². The maximum Gasteiger partial charge on any atom is 0.293 e. The molecule has 0 bridgehead atoms. The van der Waals surface area contributed by atoms with Crippen LogP contribution in [-0.2, 0) is 9.53 Å². The third-order valence-corrected chi connectivity index (χ3v) is 1.15. The van der Waals surface area contributed by atoms with E-state index in [9.17, 15) is 4.79 Å². The lowest BCUT2D eigenvalue weighted by molar-refractivity contribution is -0.127. The lowest BCUT2D eigenvalue weighted by Gasteiger charge is -1.85. The van der Waals surface area contributed by atoms with Gasteiger partial charge in [0.15, 0.2) is 0 Å². The van der Waals surface area contributed by atoms with Gasteiger partial charge in [0, 0.05) is 0 Å². The van der Waals surface area contributed by atoms with Crippen LogP contribution in [0.4, 0.5) is 0 Å². The van der Waals surface area contributed by atoms with Gasteiger partial charge >= 0.3 is 0 Å². The van der Waals surface area contributed by atoms with Crippen molar-refractivity contribution in [1.29, 1.82) is 0 Å². The van der Waals surface area contributed by atoms with Crippen molar-refractivity contribution in [2.24, 2.45) is 0 Å². The summed E-state index contributed by atoms with van der Waals surface area (Å²) in [4.78, 5) is 9.70. The minimum atomic E-state index is 0.345. The van der Waals surface area contributed by atoms with E-state index in [0.29, 0.717) is 13.1 Å². The summed E-state index contributed by atoms with van der Waals surface area (Å²) in [6.07, 6.45) is 12.6. The fraction of sp³-hybridized carbons (Fsp3) is 0.300. The van der Waals surface area contributed by atoms with E-state index < -0.39 is 0 Å². The fourth-order valence-corrected chi connectivity index (χ4v) is 0.601. The Morgan fingerprint density at radius 2 is 1.92 bits per heavy atom. The third-order valence-electron chi connectivity index (χ3n) is 1.15. The molecule has 66 valence electrons. The van der Waals surface area contributed by atoms with Gasteiger partial charge in [-0.2, -0.15) is 0 Å². The largest absolute Gasteiger partial charge is 0.464 e. The van der Waals surface area contributed by atoms with E-state index in [-0.39, 0.29) is 0 Å². The minimum Gasteiger partial charge on any atom is -0.464 e. The molecule has 0 radical (unpaired) electrons. The standard InChI is InChI=1S/C10H14O2/c1-2-3-4-5-6-7-8-9-12-10-11/h2-3,5-8,10H,4,9H2,1H3/b3-2-,6-5-,8-7+. The Labute approximate surface area is 73.2 Å². The maximum atomic E-state index is 9.70. The van der Waals surface area contributed by atoms with Gasteiger partial charge in [0.1, 0.15) is 6.61 Å². The normalized spacial score (nSPS) is 11.8. The average molecular weight is 166 g/mol. The number of hydrogen-bond donors (Lipinski definition) is 0. The minimum absolute atomic E-state index is 0.345. The van der Waals surface area contributed by atoms with Crippen LogP contribution in [0, 0.1) is 0 Å². The Bertz CT molecular complexity index is 178. The van der Waals surface area contributed by atoms with E-state index in [1.165, 1.54) is 0 Å². The molecule has 0 saturated heterocycles. The van der Waals surface area contributed by atoms with Gasteiger partial charge in [0.2, 0.25) is 0 Å². The highest BCUT2D eigenvalue weighted by molar-refractivity contribution is 5.37. The summed E-state index contributed by atoms with van der Waals surface area (Å²) < 4.78 is 4.45. The molecule has 0 aromatic rings. The summed E-state index contributed by atoms with van der Waals surface area (Å²) in [5.41, 5.74) is 0. The summed E-state index contributed by atoms with van der Waals surface area (Å²) in [5, 5.41) is 0. The number of carbonyl (C=O) groups excluding carboxylic acids is 1. The molecule has 0 atom stereocenters. The molecular weight excluding hydrogens is 152 g/mol. The third kappa shape index (κ3) is 8.69. The zero-order valence-electron chi connectivity index (χ0n) is 7.27. The molecule has 12 heavy (non-hydrogen) atoms. The molecule has 0 N–H and O–H groups in total. The highest BCUT2D eigenvalue weighted by Crippen LogP contribution is 1.86. The Balaban J connectivity index is 3.32. The number of ether oxygens (including phenoxy) is 1. The van der Waals surface area contributed by atoms with Crippen LogP contribution in [0.15, 0.2) is 36.5 Å². The quantitative estimate of drug-likeness (QED) is 0.262. The summed E-state index contributed by atoms with van der Waals surface area (Å²) >= 11 is 0. The molecule has 0 aliphatic heterocycles. The first kappa shape index (κ1) is 10.7. The zero-order chi connectivity index (χ0) is 9.07. The van der Waals surface area contributed by atoms with Gasteiger partial charge in [-0.1, -0.05) is 30.4 Å². The van der Waals surface area contributed by atoms with Crippen molar-refractivity contribution in [3.63, 3.8) is 0 Å². The number of allylic oxidation sites excluding steroid dienone is 5. The van der Waals surface area contributed by atoms with Crippen molar-refractivity contribution in [1.82, 2.24) is 0 Å². The zero-order valence-corrected chi connectivity index (χ0v) is 7.27. The Kier molecular flexibility index (Phi) is 8.63. The molecule has 0 saturated carbocycles. The van der Waals surface area contributed by atoms with Crippen LogP contribution >= 0.6 is 0 Å². The molecule has 0 unspecified atom stereocenters. The van der Waals surface area contributed by atoms with Gasteiger partial charge in [-0.05, 0) is 19.4 Å². The van der Waals surface area contributed by atoms with Crippen molar-refractivity contribution < 1.29 is 9.53 Å². The van der Waals surface area contributed by atoms with Crippen LogP contribution in [0.2, 0.25) is 0 Å². The lowest BCUT2D eigenvalue weighted by Crippen LogP contribution is -1.84. The SMILES string of the molecule is C/C=C\C/C=C\C=C\COC=O. The predicted molar refractivity (Wildman–Crippen MR) is 49.7 cm³/mol. The highest BCUT2D eigenvalue weighted by atomic mass is 16.5. The first-order chi connectivity index (χ1) is 5.91. The smallest absolute Gasteiger partial charge is 0.293 e. The van der Waals surface area contributed by atoms with Crippen LogP contribution in [0.25, 0.3) is 0 Å². The Hall–Kier alpha value is -1.31. The van der Waals surface area contributed by atoms with Gasteiger partial charge in [-0.3, -0.25) is 4.79 Å². The second-order valence-electron chi connectivity index (χ2n) is 2.09. The molecule has 2 heteroatoms. The molecule has 0 spiro atoms. The molecule has 0 aromatic carbocycles. The van der Waals surface area contributed by atoms with E-state index in [1.54, 1.807) is 6.08 Å². The van der Waals surface area contributed by atoms with Gasteiger partial charge in [-0.15, -0.1) is 0 Å². The molecule has 0 amide bonds. The molecule has 0 aliphatic carbocycles. The van der Waals surface area contributed by atoms with Crippen molar-refractivity contribution in [2.45, 2.75) is 13.3 Å². The van der Waals surface area contributed by atoms with Crippen LogP contribution in [0.5, 0.6) is 0 Å². The van der Waals surface area contributed by atoms with Crippen molar-refractivity contribution in [2.75, 3.05) is 6.61 Å². The van der Waals surface area contributed by atoms with Crippen LogP contribution in [0.3, 0.4) is 0 Å². The van der Waals surface area contributed by atoms with Crippen molar-refractivity contribution in [3.05, 3.63) is 36.5 Å². The van der Waals surface area contributed by atoms with Crippen LogP contribution < -0.4 is 0 Å². The van der Waals surface area contributed by atoms with Gasteiger partial charge < -0.3 is 4.74 Å². The molecule has 0 fully saturated rings. The topological polar surface area (TPSA) is 26.3 Å². The predicted octanol–water partition coefficient (Wildman–Crippen LogP) is 2.24. The van der Waals surface area contributed by atoms with Crippen LogP contribution in [-0.4, -0.2) is 13.1 Å². The molecule has 0 aromatic heterocycles. The molecule has 2 nitrogen and oxygen atoms in total. The first-order valence-corrected chi connectivity index (χ1v) is 3.90. The van der Waals surface area contributed by atoms with Crippen molar-refractivity contribution in [3.8, 4) is 0 Å². The average Bonchev–Trinajstić information content (AvgIpc) is 2.10. The van der Waals surface area contributed by atoms with E-state index in [4.69, 9.17) is 0 Å². The Morgan fingerprint density at radius 3 is 2.58 bits per heavy atom. The van der Waals surface area contributed by atoms with Crippen LogP contribution in [0.1, 0.15) is 13.3 Å². The second kappa shape index (κ2) is 9.69. The Morgan fingerprint density at radius 1 is 1.17 bits per heavy atom. The monoisotopic (exact) mass is 166 g/mol. The highest BCUT2D eigenvalue weighted by Gasteiger charge is 1.71. The summed E-state index contributed by atoms with van der Waals surface area (Å²) in [5.74, 6) is 0. The van der Waals surface area contributed by atoms with E-state index in [1.807, 2.05) is 31.2 Å². The number of rotatable bonds is 6. The number of carbonyl (C=O) groups is 1. The molecule has 0 heterocycles. The van der Waals surface area contributed by atoms with E-state index in [2.05, 4.69) is 10.8 Å². The second-order valence-corrected chi connectivity index (χ2v) is 2.09. The summed E-state index contributed by atoms with van der Waals surface area (Å²) in [7, 11) is 0. The van der Waals surface area contributed by atoms with Gasteiger partial charge in [0.05, 0.1) is 0 Å². The maximum absolute atomic E-state index is 9.70. The molecule has 0 aliphatic rings. The fourth-order valence-electron chi connectivity index (χ4n) is 0.601. The van der Waals surface area contributed by atoms with Gasteiger partial charge in [-0.25, -0.2) is 0 Å². The molecular formula is C10H14O2. The molecule has 0 rings (SSSR count). The number of hydrogen-bond acceptors (Lipinski definition) is 2. The summed E-state index contributed by atoms with van der Waals surface area (Å²) in [6, 6.07) is 0. The lowest BCUT2D eigenvalue weighted by atomic mass is 10.3. The first-order valence-electron chi connectivity index (χ1n) is 3.90. The summed E-state index contributed by atoms with van der Waals surface area (Å²) in [6.45, 7) is 2.77.